The van der Waals surface area contributed by atoms with Crippen molar-refractivity contribution < 1.29 is 19.4 Å². The number of rotatable bonds is 5. The predicted molar refractivity (Wildman–Crippen MR) is 71.0 cm³/mol. The van der Waals surface area contributed by atoms with Gasteiger partial charge in [-0.1, -0.05) is 23.7 Å². The summed E-state index contributed by atoms with van der Waals surface area (Å²) in [5.41, 5.74) is 0.0993. The number of ether oxygens (including phenoxy) is 2. The van der Waals surface area contributed by atoms with Gasteiger partial charge in [0, 0.05) is 5.02 Å². The summed E-state index contributed by atoms with van der Waals surface area (Å²) in [6.45, 7) is -0.0775. The van der Waals surface area contributed by atoms with Gasteiger partial charge in [0.2, 0.25) is 6.79 Å². The van der Waals surface area contributed by atoms with E-state index in [1.54, 1.807) is 42.5 Å². The summed E-state index contributed by atoms with van der Waals surface area (Å²) >= 11 is 5.75. The van der Waals surface area contributed by atoms with Crippen LogP contribution in [-0.2, 0) is 0 Å². The molecule has 0 aliphatic rings. The number of carbonyl (C=O) groups is 1. The average Bonchev–Trinajstić information content (AvgIpc) is 2.41. The van der Waals surface area contributed by atoms with Gasteiger partial charge in [-0.2, -0.15) is 0 Å². The van der Waals surface area contributed by atoms with E-state index in [1.165, 1.54) is 6.07 Å². The second-order valence-electron chi connectivity index (χ2n) is 3.66. The molecule has 4 nitrogen and oxygen atoms in total. The van der Waals surface area contributed by atoms with Gasteiger partial charge in [0.15, 0.2) is 0 Å². The molecule has 0 saturated carbocycles. The molecule has 19 heavy (non-hydrogen) atoms. The van der Waals surface area contributed by atoms with Gasteiger partial charge in [-0.05, 0) is 36.4 Å². The third-order valence-electron chi connectivity index (χ3n) is 2.37. The number of benzene rings is 2. The molecule has 0 fully saturated rings. The van der Waals surface area contributed by atoms with Crippen molar-refractivity contribution in [1.29, 1.82) is 0 Å². The van der Waals surface area contributed by atoms with Crippen molar-refractivity contribution in [3.05, 3.63) is 59.1 Å². The Balaban J connectivity index is 1.96. The van der Waals surface area contributed by atoms with Crippen LogP contribution in [0.4, 0.5) is 0 Å². The first-order chi connectivity index (χ1) is 9.16. The van der Waals surface area contributed by atoms with E-state index >= 15 is 0 Å². The maximum Gasteiger partial charge on any atom is 0.339 e. The Morgan fingerprint density at radius 2 is 1.74 bits per heavy atom. The lowest BCUT2D eigenvalue weighted by Crippen LogP contribution is -2.09. The van der Waals surface area contributed by atoms with Crippen molar-refractivity contribution >= 4 is 17.6 Å². The first kappa shape index (κ1) is 13.2. The molecule has 0 saturated heterocycles. The first-order valence-electron chi connectivity index (χ1n) is 5.50. The third-order valence-corrected chi connectivity index (χ3v) is 2.62. The Hall–Kier alpha value is -2.20. The van der Waals surface area contributed by atoms with E-state index in [2.05, 4.69) is 0 Å². The van der Waals surface area contributed by atoms with E-state index in [9.17, 15) is 4.79 Å². The van der Waals surface area contributed by atoms with Gasteiger partial charge in [0.25, 0.3) is 0 Å². The summed E-state index contributed by atoms with van der Waals surface area (Å²) < 4.78 is 10.6. The van der Waals surface area contributed by atoms with Crippen molar-refractivity contribution in [1.82, 2.24) is 0 Å². The molecule has 0 unspecified atom stereocenters. The Bertz CT molecular complexity index is 566. The molecule has 0 atom stereocenters. The smallest absolute Gasteiger partial charge is 0.339 e. The van der Waals surface area contributed by atoms with E-state index < -0.39 is 5.97 Å². The maximum atomic E-state index is 11.0. The van der Waals surface area contributed by atoms with Crippen molar-refractivity contribution in [3.63, 3.8) is 0 Å². The van der Waals surface area contributed by atoms with Gasteiger partial charge in [-0.15, -0.1) is 0 Å². The van der Waals surface area contributed by atoms with Crippen LogP contribution in [0.1, 0.15) is 10.4 Å². The molecule has 0 bridgehead atoms. The van der Waals surface area contributed by atoms with Crippen LogP contribution in [0.2, 0.25) is 5.02 Å². The number of halogens is 1. The van der Waals surface area contributed by atoms with Crippen LogP contribution in [0.5, 0.6) is 11.5 Å². The van der Waals surface area contributed by atoms with Gasteiger partial charge in [0.1, 0.15) is 17.1 Å². The lowest BCUT2D eigenvalue weighted by Gasteiger charge is -2.10. The molecule has 0 amide bonds. The first-order valence-corrected chi connectivity index (χ1v) is 5.88. The van der Waals surface area contributed by atoms with E-state index in [1.807, 2.05) is 0 Å². The van der Waals surface area contributed by atoms with Crippen molar-refractivity contribution in [2.75, 3.05) is 6.79 Å². The van der Waals surface area contributed by atoms with Gasteiger partial charge in [-0.3, -0.25) is 0 Å². The molecule has 98 valence electrons. The Labute approximate surface area is 115 Å². The fourth-order valence-corrected chi connectivity index (χ4v) is 1.59. The Morgan fingerprint density at radius 3 is 2.42 bits per heavy atom. The van der Waals surface area contributed by atoms with Crippen LogP contribution in [0.15, 0.2) is 48.5 Å². The number of carboxylic acids is 1. The van der Waals surface area contributed by atoms with Crippen LogP contribution in [0.3, 0.4) is 0 Å². The van der Waals surface area contributed by atoms with Crippen molar-refractivity contribution in [3.8, 4) is 11.5 Å². The van der Waals surface area contributed by atoms with Crippen LogP contribution in [0.25, 0.3) is 0 Å². The zero-order valence-corrected chi connectivity index (χ0v) is 10.6. The van der Waals surface area contributed by atoms with Crippen molar-refractivity contribution in [2.45, 2.75) is 0 Å². The van der Waals surface area contributed by atoms with Crippen LogP contribution in [-0.4, -0.2) is 17.9 Å². The lowest BCUT2D eigenvalue weighted by atomic mass is 10.2. The highest BCUT2D eigenvalue weighted by Gasteiger charge is 2.09. The number of para-hydroxylation sites is 1. The SMILES string of the molecule is O=C(O)c1ccccc1OCOc1ccc(Cl)cc1. The number of hydrogen-bond donors (Lipinski definition) is 1. The number of carboxylic acid groups (broad SMARTS) is 1. The molecular weight excluding hydrogens is 268 g/mol. The fourth-order valence-electron chi connectivity index (χ4n) is 1.46. The predicted octanol–water partition coefficient (Wildman–Crippen LogP) is 3.45. The lowest BCUT2D eigenvalue weighted by molar-refractivity contribution is 0.0682. The molecule has 0 spiro atoms. The summed E-state index contributed by atoms with van der Waals surface area (Å²) in [5, 5.41) is 9.59. The number of aromatic carboxylic acids is 1. The van der Waals surface area contributed by atoms with Gasteiger partial charge >= 0.3 is 5.97 Å². The molecule has 2 aromatic rings. The monoisotopic (exact) mass is 278 g/mol. The molecule has 0 radical (unpaired) electrons. The van der Waals surface area contributed by atoms with Gasteiger partial charge < -0.3 is 14.6 Å². The largest absolute Gasteiger partial charge is 0.478 e. The third kappa shape index (κ3) is 3.63. The Morgan fingerprint density at radius 1 is 1.05 bits per heavy atom. The van der Waals surface area contributed by atoms with Crippen LogP contribution < -0.4 is 9.47 Å². The zero-order valence-electron chi connectivity index (χ0n) is 9.88. The molecule has 2 rings (SSSR count). The van der Waals surface area contributed by atoms with Crippen molar-refractivity contribution in [2.24, 2.45) is 0 Å². The maximum absolute atomic E-state index is 11.0. The molecule has 1 N–H and O–H groups in total. The number of hydrogen-bond acceptors (Lipinski definition) is 3. The van der Waals surface area contributed by atoms with Gasteiger partial charge in [-0.25, -0.2) is 4.79 Å². The summed E-state index contributed by atoms with van der Waals surface area (Å²) in [7, 11) is 0. The Kier molecular flexibility index (Phi) is 4.26. The van der Waals surface area contributed by atoms with Crippen LogP contribution in [0, 0.1) is 0 Å². The van der Waals surface area contributed by atoms with E-state index in [-0.39, 0.29) is 18.1 Å². The molecule has 2 aromatic carbocycles. The second kappa shape index (κ2) is 6.11. The minimum Gasteiger partial charge on any atom is -0.478 e. The summed E-state index contributed by atoms with van der Waals surface area (Å²) in [6, 6.07) is 13.2. The molecular formula is C14H11ClO4. The highest BCUT2D eigenvalue weighted by Crippen LogP contribution is 2.19. The molecule has 0 aliphatic carbocycles. The quantitative estimate of drug-likeness (QED) is 0.851. The molecule has 0 aromatic heterocycles. The molecule has 0 aliphatic heterocycles. The van der Waals surface area contributed by atoms with E-state index in [4.69, 9.17) is 26.2 Å². The normalized spacial score (nSPS) is 9.95. The van der Waals surface area contributed by atoms with Crippen LogP contribution >= 0.6 is 11.6 Å². The zero-order chi connectivity index (χ0) is 13.7. The highest BCUT2D eigenvalue weighted by atomic mass is 35.5. The molecule has 5 heteroatoms. The van der Waals surface area contributed by atoms with Gasteiger partial charge in [0.05, 0.1) is 0 Å². The standard InChI is InChI=1S/C14H11ClO4/c15-10-5-7-11(8-6-10)18-9-19-13-4-2-1-3-12(13)14(16)17/h1-8H,9H2,(H,16,17). The topological polar surface area (TPSA) is 55.8 Å². The minimum absolute atomic E-state index is 0.0775. The average molecular weight is 279 g/mol. The summed E-state index contributed by atoms with van der Waals surface area (Å²) in [6.07, 6.45) is 0. The summed E-state index contributed by atoms with van der Waals surface area (Å²) in [4.78, 5) is 11.0. The van der Waals surface area contributed by atoms with E-state index in [0.717, 1.165) is 0 Å². The summed E-state index contributed by atoms with van der Waals surface area (Å²) in [5.74, 6) is -0.178. The second-order valence-corrected chi connectivity index (χ2v) is 4.10. The minimum atomic E-state index is -1.04. The molecule has 0 heterocycles. The van der Waals surface area contributed by atoms with E-state index in [0.29, 0.717) is 10.8 Å². The highest BCUT2D eigenvalue weighted by molar-refractivity contribution is 6.30. The fraction of sp³-hybridized carbons (Fsp3) is 0.0714.